The summed E-state index contributed by atoms with van der Waals surface area (Å²) in [6.07, 6.45) is 4.56. The Morgan fingerprint density at radius 1 is 0.824 bits per heavy atom. The Kier molecular flexibility index (Phi) is 8.71. The van der Waals surface area contributed by atoms with E-state index in [4.69, 9.17) is 4.74 Å². The van der Waals surface area contributed by atoms with E-state index >= 15 is 0 Å². The van der Waals surface area contributed by atoms with Crippen molar-refractivity contribution in [2.75, 3.05) is 16.6 Å². The predicted molar refractivity (Wildman–Crippen MR) is 137 cm³/mol. The molecule has 6 nitrogen and oxygen atoms in total. The Balaban J connectivity index is 1.58. The molecule has 7 heteroatoms. The van der Waals surface area contributed by atoms with Crippen molar-refractivity contribution in [2.24, 2.45) is 0 Å². The van der Waals surface area contributed by atoms with Crippen LogP contribution in [0.4, 0.5) is 11.4 Å². The van der Waals surface area contributed by atoms with E-state index < -0.39 is 10.0 Å². The smallest absolute Gasteiger partial charge is 0.261 e. The molecule has 3 aromatic carbocycles. The number of nitrogens with one attached hydrogen (secondary N) is 2. The molecule has 0 heterocycles. The zero-order valence-corrected chi connectivity index (χ0v) is 20.7. The van der Waals surface area contributed by atoms with Gasteiger partial charge in [0, 0.05) is 16.9 Å². The van der Waals surface area contributed by atoms with Gasteiger partial charge >= 0.3 is 0 Å². The molecule has 0 aromatic heterocycles. The van der Waals surface area contributed by atoms with Crippen molar-refractivity contribution in [2.45, 2.75) is 51.3 Å². The fourth-order valence-electron chi connectivity index (χ4n) is 3.59. The van der Waals surface area contributed by atoms with E-state index in [1.54, 1.807) is 48.5 Å². The molecule has 0 saturated carbocycles. The van der Waals surface area contributed by atoms with Crippen LogP contribution in [0.1, 0.15) is 54.1 Å². The number of unbranched alkanes of at least 4 members (excludes halogenated alkanes) is 3. The van der Waals surface area contributed by atoms with Crippen molar-refractivity contribution in [1.82, 2.24) is 0 Å². The third-order valence-corrected chi connectivity index (χ3v) is 6.68. The average Bonchev–Trinajstić information content (AvgIpc) is 2.78. The zero-order valence-electron chi connectivity index (χ0n) is 19.9. The highest BCUT2D eigenvalue weighted by Gasteiger charge is 2.15. The predicted octanol–water partition coefficient (Wildman–Crippen LogP) is 6.32. The van der Waals surface area contributed by atoms with E-state index in [2.05, 4.69) is 17.0 Å². The standard InChI is InChI=1S/C27H32N2O4S/c1-4-5-6-7-16-33-25-12-8-22(9-13-25)27(30)28-23-10-14-26(15-11-23)34(31,32)29-24-18-20(2)17-21(3)19-24/h8-15,17-19,29H,4-7,16H2,1-3H3,(H,28,30). The fourth-order valence-corrected chi connectivity index (χ4v) is 4.63. The van der Waals surface area contributed by atoms with Crippen LogP contribution in [0.15, 0.2) is 71.6 Å². The Morgan fingerprint density at radius 3 is 2.09 bits per heavy atom. The van der Waals surface area contributed by atoms with Crippen molar-refractivity contribution in [3.8, 4) is 5.75 Å². The Bertz CT molecular complexity index is 1180. The van der Waals surface area contributed by atoms with Gasteiger partial charge in [0.25, 0.3) is 15.9 Å². The van der Waals surface area contributed by atoms with Gasteiger partial charge in [0.2, 0.25) is 0 Å². The number of sulfonamides is 1. The van der Waals surface area contributed by atoms with Gasteiger partial charge in [-0.15, -0.1) is 0 Å². The van der Waals surface area contributed by atoms with Gasteiger partial charge in [-0.2, -0.15) is 0 Å². The highest BCUT2D eigenvalue weighted by molar-refractivity contribution is 7.92. The van der Waals surface area contributed by atoms with Crippen molar-refractivity contribution >= 4 is 27.3 Å². The highest BCUT2D eigenvalue weighted by Crippen LogP contribution is 2.21. The molecule has 0 atom stereocenters. The summed E-state index contributed by atoms with van der Waals surface area (Å²) in [4.78, 5) is 12.7. The van der Waals surface area contributed by atoms with E-state index in [0.29, 0.717) is 23.5 Å². The van der Waals surface area contributed by atoms with Gasteiger partial charge in [0.05, 0.1) is 11.5 Å². The van der Waals surface area contributed by atoms with Crippen LogP contribution >= 0.6 is 0 Å². The van der Waals surface area contributed by atoms with Crippen LogP contribution in [0.2, 0.25) is 0 Å². The molecule has 0 fully saturated rings. The highest BCUT2D eigenvalue weighted by atomic mass is 32.2. The first-order valence-corrected chi connectivity index (χ1v) is 13.0. The second-order valence-corrected chi connectivity index (χ2v) is 10.1. The third-order valence-electron chi connectivity index (χ3n) is 5.28. The molecule has 3 aromatic rings. The van der Waals surface area contributed by atoms with Gasteiger partial charge in [-0.1, -0.05) is 32.3 Å². The maximum atomic E-state index is 12.7. The second-order valence-electron chi connectivity index (χ2n) is 8.39. The summed E-state index contributed by atoms with van der Waals surface area (Å²) in [5, 5.41) is 2.79. The van der Waals surface area contributed by atoms with Gasteiger partial charge in [0.15, 0.2) is 0 Å². The van der Waals surface area contributed by atoms with Crippen molar-refractivity contribution in [3.63, 3.8) is 0 Å². The summed E-state index contributed by atoms with van der Waals surface area (Å²) in [5.74, 6) is 0.456. The molecule has 0 aliphatic carbocycles. The molecule has 180 valence electrons. The SMILES string of the molecule is CCCCCCOc1ccc(C(=O)Nc2ccc(S(=O)(=O)Nc3cc(C)cc(C)c3)cc2)cc1. The molecular weight excluding hydrogens is 448 g/mol. The number of aryl methyl sites for hydroxylation is 2. The summed E-state index contributed by atoms with van der Waals surface area (Å²) in [7, 11) is -3.74. The molecule has 3 rings (SSSR count). The Morgan fingerprint density at radius 2 is 1.47 bits per heavy atom. The maximum Gasteiger partial charge on any atom is 0.261 e. The number of carbonyl (C=O) groups is 1. The fraction of sp³-hybridized carbons (Fsp3) is 0.296. The monoisotopic (exact) mass is 480 g/mol. The number of anilines is 2. The lowest BCUT2D eigenvalue weighted by Crippen LogP contribution is -2.14. The summed E-state index contributed by atoms with van der Waals surface area (Å²) in [6, 6.07) is 18.6. The molecule has 0 bridgehead atoms. The van der Waals surface area contributed by atoms with Gasteiger partial charge < -0.3 is 10.1 Å². The number of ether oxygens (including phenoxy) is 1. The van der Waals surface area contributed by atoms with Gasteiger partial charge in [0.1, 0.15) is 5.75 Å². The summed E-state index contributed by atoms with van der Waals surface area (Å²) in [6.45, 7) is 6.67. The van der Waals surface area contributed by atoms with Crippen LogP contribution in [0.3, 0.4) is 0 Å². The van der Waals surface area contributed by atoms with E-state index in [1.807, 2.05) is 19.9 Å². The van der Waals surface area contributed by atoms with E-state index in [-0.39, 0.29) is 10.8 Å². The topological polar surface area (TPSA) is 84.5 Å². The molecule has 34 heavy (non-hydrogen) atoms. The first kappa shape index (κ1) is 25.3. The average molecular weight is 481 g/mol. The molecule has 2 N–H and O–H groups in total. The van der Waals surface area contributed by atoms with Crippen LogP contribution in [0.25, 0.3) is 0 Å². The maximum absolute atomic E-state index is 12.7. The molecular formula is C27H32N2O4S. The zero-order chi connectivity index (χ0) is 24.6. The number of rotatable bonds is 11. The quantitative estimate of drug-likeness (QED) is 0.315. The Labute approximate surface area is 202 Å². The number of hydrogen-bond donors (Lipinski definition) is 2. The lowest BCUT2D eigenvalue weighted by atomic mass is 10.1. The largest absolute Gasteiger partial charge is 0.494 e. The lowest BCUT2D eigenvalue weighted by molar-refractivity contribution is 0.102. The minimum absolute atomic E-state index is 0.116. The second kappa shape index (κ2) is 11.7. The first-order valence-electron chi connectivity index (χ1n) is 11.5. The van der Waals surface area contributed by atoms with Crippen LogP contribution in [0.5, 0.6) is 5.75 Å². The number of carbonyl (C=O) groups excluding carboxylic acids is 1. The number of hydrogen-bond acceptors (Lipinski definition) is 4. The number of amides is 1. The molecule has 0 aliphatic rings. The lowest BCUT2D eigenvalue weighted by Gasteiger charge is -2.11. The van der Waals surface area contributed by atoms with Crippen molar-refractivity contribution < 1.29 is 17.9 Å². The van der Waals surface area contributed by atoms with E-state index in [1.165, 1.54) is 25.0 Å². The molecule has 0 aliphatic heterocycles. The first-order chi connectivity index (χ1) is 16.3. The normalized spacial score (nSPS) is 11.1. The van der Waals surface area contributed by atoms with Gasteiger partial charge in [-0.3, -0.25) is 9.52 Å². The van der Waals surface area contributed by atoms with Crippen LogP contribution < -0.4 is 14.8 Å². The summed E-state index contributed by atoms with van der Waals surface area (Å²) < 4.78 is 33.8. The van der Waals surface area contributed by atoms with Crippen LogP contribution in [-0.4, -0.2) is 20.9 Å². The third kappa shape index (κ3) is 7.35. The summed E-state index contributed by atoms with van der Waals surface area (Å²) in [5.41, 5.74) is 3.46. The van der Waals surface area contributed by atoms with Crippen LogP contribution in [-0.2, 0) is 10.0 Å². The minimum Gasteiger partial charge on any atom is -0.494 e. The number of benzene rings is 3. The summed E-state index contributed by atoms with van der Waals surface area (Å²) >= 11 is 0. The van der Waals surface area contributed by atoms with Crippen LogP contribution in [0, 0.1) is 13.8 Å². The van der Waals surface area contributed by atoms with E-state index in [9.17, 15) is 13.2 Å². The van der Waals surface area contributed by atoms with Gasteiger partial charge in [-0.25, -0.2) is 8.42 Å². The minimum atomic E-state index is -3.74. The molecule has 0 unspecified atom stereocenters. The molecule has 0 spiro atoms. The van der Waals surface area contributed by atoms with Gasteiger partial charge in [-0.05, 0) is 92.1 Å². The molecule has 0 saturated heterocycles. The van der Waals surface area contributed by atoms with Crippen molar-refractivity contribution in [1.29, 1.82) is 0 Å². The van der Waals surface area contributed by atoms with Crippen molar-refractivity contribution in [3.05, 3.63) is 83.4 Å². The molecule has 0 radical (unpaired) electrons. The molecule has 1 amide bonds. The van der Waals surface area contributed by atoms with E-state index in [0.717, 1.165) is 29.7 Å². The Hall–Kier alpha value is -3.32.